The smallest absolute Gasteiger partial charge is 0.326 e. The molecule has 0 saturated carbocycles. The zero-order chi connectivity index (χ0) is 35.8. The summed E-state index contributed by atoms with van der Waals surface area (Å²) in [5.41, 5.74) is 15.4. The first-order chi connectivity index (χ1) is 24.0. The van der Waals surface area contributed by atoms with E-state index in [4.69, 9.17) is 11.5 Å². The van der Waals surface area contributed by atoms with Gasteiger partial charge in [0.25, 0.3) is 0 Å². The molecule has 11 N–H and O–H groups in total. The molecule has 5 aromatic rings. The van der Waals surface area contributed by atoms with Crippen LogP contribution in [0.25, 0.3) is 21.8 Å². The summed E-state index contributed by atoms with van der Waals surface area (Å²) in [4.78, 5) is 70.9. The van der Waals surface area contributed by atoms with Gasteiger partial charge in [-0.3, -0.25) is 19.2 Å². The number of benzene rings is 3. The van der Waals surface area contributed by atoms with E-state index in [0.29, 0.717) is 11.1 Å². The number of carboxylic acid groups (broad SMARTS) is 1. The summed E-state index contributed by atoms with van der Waals surface area (Å²) in [5, 5.41) is 29.2. The van der Waals surface area contributed by atoms with E-state index >= 15 is 0 Å². The third-order valence-electron chi connectivity index (χ3n) is 8.49. The molecule has 0 fully saturated rings. The third kappa shape index (κ3) is 8.85. The number of aliphatic carboxylic acids is 1. The Bertz CT molecular complexity index is 2000. The summed E-state index contributed by atoms with van der Waals surface area (Å²) in [5.74, 6) is -4.29. The van der Waals surface area contributed by atoms with Gasteiger partial charge < -0.3 is 47.6 Å². The number of rotatable bonds is 16. The van der Waals surface area contributed by atoms with E-state index < -0.39 is 53.8 Å². The van der Waals surface area contributed by atoms with E-state index in [9.17, 15) is 34.2 Å². The Balaban J connectivity index is 1.33. The number of fused-ring (bicyclic) bond motifs is 2. The molecule has 5 rings (SSSR count). The van der Waals surface area contributed by atoms with Gasteiger partial charge in [-0.15, -0.1) is 0 Å². The number of hydrogen-bond donors (Lipinski definition) is 9. The minimum absolute atomic E-state index is 0.00310. The Kier molecular flexibility index (Phi) is 11.1. The van der Waals surface area contributed by atoms with Crippen molar-refractivity contribution in [3.63, 3.8) is 0 Å². The highest BCUT2D eigenvalue weighted by Crippen LogP contribution is 2.21. The molecule has 0 bridgehead atoms. The fourth-order valence-electron chi connectivity index (χ4n) is 5.81. The molecule has 0 radical (unpaired) electrons. The first-order valence-corrected chi connectivity index (χ1v) is 16.0. The van der Waals surface area contributed by atoms with Gasteiger partial charge in [0.1, 0.15) is 23.9 Å². The number of hydrogen-bond acceptors (Lipinski definition) is 7. The van der Waals surface area contributed by atoms with Crippen LogP contribution in [0.15, 0.2) is 85.2 Å². The third-order valence-corrected chi connectivity index (χ3v) is 8.49. The van der Waals surface area contributed by atoms with Crippen LogP contribution in [0.4, 0.5) is 0 Å². The number of nitrogens with two attached hydrogens (primary N) is 2. The van der Waals surface area contributed by atoms with E-state index in [0.717, 1.165) is 27.4 Å². The fraction of sp³-hybridized carbons (Fsp3) is 0.250. The Labute approximate surface area is 286 Å². The molecule has 4 unspecified atom stereocenters. The maximum atomic E-state index is 13.8. The number of carboxylic acids is 1. The number of para-hydroxylation sites is 2. The number of phenolic OH excluding ortho intramolecular Hbond substituents is 1. The van der Waals surface area contributed by atoms with Crippen LogP contribution in [-0.2, 0) is 43.2 Å². The predicted octanol–water partition coefficient (Wildman–Crippen LogP) is 1.51. The number of aromatic amines is 2. The van der Waals surface area contributed by atoms with Crippen molar-refractivity contribution in [1.29, 1.82) is 0 Å². The van der Waals surface area contributed by atoms with E-state index in [-0.39, 0.29) is 37.9 Å². The first kappa shape index (κ1) is 35.2. The van der Waals surface area contributed by atoms with Gasteiger partial charge in [0.15, 0.2) is 0 Å². The number of aromatic nitrogens is 2. The SMILES string of the molecule is NC(=O)CCC(NC(=O)C(Cc1ccc(O)cc1)NC(=O)C(N)Cc1c[nH]c2ccccc12)C(=O)NC(Cc1c[nH]c2ccccc12)C(=O)O. The van der Waals surface area contributed by atoms with E-state index in [1.54, 1.807) is 24.5 Å². The second-order valence-corrected chi connectivity index (χ2v) is 12.1. The largest absolute Gasteiger partial charge is 0.508 e. The normalized spacial score (nSPS) is 13.6. The van der Waals surface area contributed by atoms with E-state index in [1.807, 2.05) is 48.5 Å². The quantitative estimate of drug-likeness (QED) is 0.0737. The van der Waals surface area contributed by atoms with Crippen LogP contribution in [0.5, 0.6) is 5.75 Å². The van der Waals surface area contributed by atoms with Gasteiger partial charge in [0, 0.05) is 53.5 Å². The van der Waals surface area contributed by atoms with Crippen LogP contribution in [0, 0.1) is 0 Å². The van der Waals surface area contributed by atoms with Gasteiger partial charge in [-0.2, -0.15) is 0 Å². The molecule has 0 aliphatic carbocycles. The summed E-state index contributed by atoms with van der Waals surface area (Å²) in [7, 11) is 0. The van der Waals surface area contributed by atoms with Crippen molar-refractivity contribution in [3.05, 3.63) is 102 Å². The summed E-state index contributed by atoms with van der Waals surface area (Å²) < 4.78 is 0. The van der Waals surface area contributed by atoms with Gasteiger partial charge in [0.05, 0.1) is 6.04 Å². The molecule has 0 aliphatic heterocycles. The highest BCUT2D eigenvalue weighted by atomic mass is 16.4. The van der Waals surface area contributed by atoms with Crippen molar-refractivity contribution in [3.8, 4) is 5.75 Å². The van der Waals surface area contributed by atoms with Crippen molar-refractivity contribution in [1.82, 2.24) is 25.9 Å². The first-order valence-electron chi connectivity index (χ1n) is 16.0. The minimum atomic E-state index is -1.38. The summed E-state index contributed by atoms with van der Waals surface area (Å²) in [6, 6.07) is 15.8. The standard InChI is InChI=1S/C36H39N7O7/c37-26(16-21-18-39-27-7-3-1-5-24(21)27)33(46)42-30(15-20-9-11-23(44)12-10-20)35(48)41-29(13-14-32(38)45)34(47)43-31(36(49)50)17-22-19-40-28-8-4-2-6-25(22)28/h1-12,18-19,26,29-31,39-40,44H,13-17,37H2,(H2,38,45)(H,41,48)(H,42,46)(H,43,47)(H,49,50). The van der Waals surface area contributed by atoms with E-state index in [2.05, 4.69) is 25.9 Å². The molecule has 4 amide bonds. The van der Waals surface area contributed by atoms with E-state index in [1.165, 1.54) is 12.1 Å². The zero-order valence-corrected chi connectivity index (χ0v) is 27.0. The number of phenols is 1. The maximum absolute atomic E-state index is 13.8. The maximum Gasteiger partial charge on any atom is 0.326 e. The van der Waals surface area contributed by atoms with Crippen LogP contribution >= 0.6 is 0 Å². The van der Waals surface area contributed by atoms with Crippen LogP contribution in [0.3, 0.4) is 0 Å². The lowest BCUT2D eigenvalue weighted by Gasteiger charge is -2.25. The molecule has 0 saturated heterocycles. The number of H-pyrrole nitrogens is 2. The molecular formula is C36H39N7O7. The Morgan fingerprint density at radius 2 is 1.18 bits per heavy atom. The number of aromatic hydroxyl groups is 1. The molecule has 260 valence electrons. The second-order valence-electron chi connectivity index (χ2n) is 12.1. The molecule has 3 aromatic carbocycles. The summed E-state index contributed by atoms with van der Waals surface area (Å²) >= 11 is 0. The predicted molar refractivity (Wildman–Crippen MR) is 186 cm³/mol. The van der Waals surface area contributed by atoms with Gasteiger partial charge in [-0.25, -0.2) is 4.79 Å². The number of nitrogens with one attached hydrogen (secondary N) is 5. The second kappa shape index (κ2) is 15.8. The topological polar surface area (TPSA) is 246 Å². The molecule has 2 aromatic heterocycles. The van der Waals surface area contributed by atoms with Gasteiger partial charge in [-0.05, 0) is 53.8 Å². The molecule has 14 heteroatoms. The van der Waals surface area contributed by atoms with Gasteiger partial charge >= 0.3 is 5.97 Å². The molecule has 50 heavy (non-hydrogen) atoms. The Hall–Kier alpha value is -6.15. The molecule has 0 aliphatic rings. The number of primary amides is 1. The zero-order valence-electron chi connectivity index (χ0n) is 27.0. The van der Waals surface area contributed by atoms with Crippen molar-refractivity contribution in [2.75, 3.05) is 0 Å². The van der Waals surface area contributed by atoms with Crippen LogP contribution in [0.2, 0.25) is 0 Å². The molecule has 14 nitrogen and oxygen atoms in total. The lowest BCUT2D eigenvalue weighted by Crippen LogP contribution is -2.58. The van der Waals surface area contributed by atoms with Crippen molar-refractivity contribution in [2.24, 2.45) is 11.5 Å². The Morgan fingerprint density at radius 1 is 0.660 bits per heavy atom. The molecule has 4 atom stereocenters. The Morgan fingerprint density at radius 3 is 1.76 bits per heavy atom. The van der Waals surface area contributed by atoms with Crippen LogP contribution in [0.1, 0.15) is 29.5 Å². The van der Waals surface area contributed by atoms with Crippen molar-refractivity contribution >= 4 is 51.4 Å². The van der Waals surface area contributed by atoms with Crippen molar-refractivity contribution in [2.45, 2.75) is 56.3 Å². The lowest BCUT2D eigenvalue weighted by atomic mass is 10.0. The highest BCUT2D eigenvalue weighted by Gasteiger charge is 2.31. The molecular weight excluding hydrogens is 642 g/mol. The summed E-state index contributed by atoms with van der Waals surface area (Å²) in [6.07, 6.45) is 2.98. The van der Waals surface area contributed by atoms with Gasteiger partial charge in [-0.1, -0.05) is 48.5 Å². The van der Waals surface area contributed by atoms with Crippen LogP contribution < -0.4 is 27.4 Å². The van der Waals surface area contributed by atoms with Gasteiger partial charge in [0.2, 0.25) is 23.6 Å². The average Bonchev–Trinajstić information content (AvgIpc) is 3.70. The summed E-state index contributed by atoms with van der Waals surface area (Å²) in [6.45, 7) is 0. The van der Waals surface area contributed by atoms with Crippen molar-refractivity contribution < 1.29 is 34.2 Å². The number of carbonyl (C=O) groups is 5. The number of carbonyl (C=O) groups excluding carboxylic acids is 4. The average molecular weight is 682 g/mol. The minimum Gasteiger partial charge on any atom is -0.508 e. The van der Waals surface area contributed by atoms with Crippen LogP contribution in [-0.4, -0.2) is 73.9 Å². The lowest BCUT2D eigenvalue weighted by molar-refractivity contribution is -0.142. The molecule has 2 heterocycles. The molecule has 0 spiro atoms. The highest BCUT2D eigenvalue weighted by molar-refractivity contribution is 5.95. The fourth-order valence-corrected chi connectivity index (χ4v) is 5.81. The number of amides is 4. The monoisotopic (exact) mass is 681 g/mol.